The highest BCUT2D eigenvalue weighted by molar-refractivity contribution is 14.1. The fourth-order valence-corrected chi connectivity index (χ4v) is 2.76. The maximum atomic E-state index is 12.5. The van der Waals surface area contributed by atoms with E-state index >= 15 is 0 Å². The molecule has 0 radical (unpaired) electrons. The minimum Gasteiger partial charge on any atom is -0.493 e. The van der Waals surface area contributed by atoms with Crippen LogP contribution < -0.4 is 20.3 Å². The van der Waals surface area contributed by atoms with Crippen LogP contribution in [0, 0.1) is 3.57 Å². The number of nitrogens with one attached hydrogen (secondary N) is 1. The van der Waals surface area contributed by atoms with Crippen molar-refractivity contribution in [1.29, 1.82) is 0 Å². The van der Waals surface area contributed by atoms with Crippen LogP contribution >= 0.6 is 22.6 Å². The molecule has 0 fully saturated rings. The first-order valence-corrected chi connectivity index (χ1v) is 8.01. The van der Waals surface area contributed by atoms with Crippen LogP contribution in [-0.2, 0) is 6.54 Å². The first kappa shape index (κ1) is 17.3. The van der Waals surface area contributed by atoms with E-state index in [2.05, 4.69) is 27.9 Å². The molecule has 2 rings (SSSR count). The Morgan fingerprint density at radius 2 is 1.87 bits per heavy atom. The fourth-order valence-electron chi connectivity index (χ4n) is 2.08. The summed E-state index contributed by atoms with van der Waals surface area (Å²) in [5, 5.41) is 2.79. The van der Waals surface area contributed by atoms with Gasteiger partial charge in [-0.1, -0.05) is 0 Å². The molecule has 2 aromatic rings. The van der Waals surface area contributed by atoms with Gasteiger partial charge in [-0.15, -0.1) is 0 Å². The van der Waals surface area contributed by atoms with Crippen molar-refractivity contribution in [2.24, 2.45) is 0 Å². The molecule has 0 spiro atoms. The van der Waals surface area contributed by atoms with Crippen LogP contribution in [0.25, 0.3) is 0 Å². The van der Waals surface area contributed by atoms with E-state index in [0.717, 1.165) is 3.57 Å². The van der Waals surface area contributed by atoms with Crippen molar-refractivity contribution in [3.63, 3.8) is 0 Å². The number of methoxy groups -OCH3 is 2. The second-order valence-corrected chi connectivity index (χ2v) is 5.85. The Bertz CT molecular complexity index is 786. The molecular formula is C16H17IN2O4. The van der Waals surface area contributed by atoms with E-state index in [1.54, 1.807) is 31.5 Å². The third kappa shape index (κ3) is 3.84. The van der Waals surface area contributed by atoms with Crippen LogP contribution in [0.15, 0.2) is 35.3 Å². The minimum absolute atomic E-state index is 0.105. The van der Waals surface area contributed by atoms with Crippen LogP contribution in [0.3, 0.4) is 0 Å². The molecule has 0 atom stereocenters. The Morgan fingerprint density at radius 1 is 1.22 bits per heavy atom. The quantitative estimate of drug-likeness (QED) is 0.744. The van der Waals surface area contributed by atoms with E-state index in [1.165, 1.54) is 17.7 Å². The third-order valence-electron chi connectivity index (χ3n) is 3.30. The Labute approximate surface area is 147 Å². The Hall–Kier alpha value is -2.03. The zero-order chi connectivity index (χ0) is 17.0. The van der Waals surface area contributed by atoms with E-state index in [9.17, 15) is 9.59 Å². The lowest BCUT2D eigenvalue weighted by Crippen LogP contribution is -2.20. The fraction of sp³-hybridized carbons (Fsp3) is 0.250. The summed E-state index contributed by atoms with van der Waals surface area (Å²) in [6.45, 7) is 2.40. The van der Waals surface area contributed by atoms with Crippen LogP contribution in [0.1, 0.15) is 17.3 Å². The number of hydrogen-bond acceptors (Lipinski definition) is 4. The molecule has 6 nitrogen and oxygen atoms in total. The van der Waals surface area contributed by atoms with E-state index < -0.39 is 0 Å². The molecule has 1 aromatic carbocycles. The van der Waals surface area contributed by atoms with Gasteiger partial charge in [-0.2, -0.15) is 0 Å². The lowest BCUT2D eigenvalue weighted by molar-refractivity contribution is 0.102. The zero-order valence-corrected chi connectivity index (χ0v) is 15.2. The number of rotatable bonds is 5. The minimum atomic E-state index is -0.281. The maximum Gasteiger partial charge on any atom is 0.256 e. The lowest BCUT2D eigenvalue weighted by Gasteiger charge is -2.12. The summed E-state index contributed by atoms with van der Waals surface area (Å²) in [6.07, 6.45) is 1.62. The standard InChI is InChI=1S/C16H17IN2O4/c1-4-19-9-10(5-6-15(19)20)18-16(21)11-7-13(22-2)14(23-3)8-12(11)17/h5-9H,4H2,1-3H3,(H,18,21). The molecule has 23 heavy (non-hydrogen) atoms. The van der Waals surface area contributed by atoms with Crippen LogP contribution in [-0.4, -0.2) is 24.7 Å². The number of pyridine rings is 1. The first-order valence-electron chi connectivity index (χ1n) is 6.93. The van der Waals surface area contributed by atoms with Crippen molar-refractivity contribution in [3.8, 4) is 11.5 Å². The first-order chi connectivity index (χ1) is 11.0. The molecule has 1 heterocycles. The van der Waals surface area contributed by atoms with Gasteiger partial charge in [0.1, 0.15) is 0 Å². The molecule has 0 aliphatic rings. The van der Waals surface area contributed by atoms with Gasteiger partial charge in [0.25, 0.3) is 11.5 Å². The SMILES string of the molecule is CCn1cc(NC(=O)c2cc(OC)c(OC)cc2I)ccc1=O. The topological polar surface area (TPSA) is 69.6 Å². The number of anilines is 1. The van der Waals surface area contributed by atoms with Gasteiger partial charge in [0.15, 0.2) is 11.5 Å². The summed E-state index contributed by atoms with van der Waals surface area (Å²) in [5.41, 5.74) is 0.922. The summed E-state index contributed by atoms with van der Waals surface area (Å²) < 4.78 is 12.7. The van der Waals surface area contributed by atoms with Crippen molar-refractivity contribution in [2.75, 3.05) is 19.5 Å². The number of nitrogens with zero attached hydrogens (tertiary/aromatic N) is 1. The summed E-state index contributed by atoms with van der Waals surface area (Å²) in [6, 6.07) is 6.38. The average Bonchev–Trinajstić information content (AvgIpc) is 2.56. The molecule has 1 N–H and O–H groups in total. The van der Waals surface area contributed by atoms with E-state index in [1.807, 2.05) is 6.92 Å². The number of benzene rings is 1. The van der Waals surface area contributed by atoms with Crippen LogP contribution in [0.2, 0.25) is 0 Å². The summed E-state index contributed by atoms with van der Waals surface area (Å²) in [7, 11) is 3.06. The summed E-state index contributed by atoms with van der Waals surface area (Å²) in [5.74, 6) is 0.765. The molecule has 0 saturated carbocycles. The molecule has 0 aliphatic carbocycles. The number of aromatic nitrogens is 1. The molecular weight excluding hydrogens is 411 g/mol. The largest absolute Gasteiger partial charge is 0.493 e. The number of halogens is 1. The van der Waals surface area contributed by atoms with Gasteiger partial charge in [-0.25, -0.2) is 0 Å². The molecule has 0 bridgehead atoms. The van der Waals surface area contributed by atoms with Crippen LogP contribution in [0.4, 0.5) is 5.69 Å². The normalized spacial score (nSPS) is 10.3. The third-order valence-corrected chi connectivity index (χ3v) is 4.19. The average molecular weight is 428 g/mol. The smallest absolute Gasteiger partial charge is 0.256 e. The van der Waals surface area contributed by atoms with Crippen molar-refractivity contribution < 1.29 is 14.3 Å². The number of carbonyl (C=O) groups is 1. The van der Waals surface area contributed by atoms with E-state index in [0.29, 0.717) is 29.3 Å². The zero-order valence-electron chi connectivity index (χ0n) is 13.1. The highest BCUT2D eigenvalue weighted by Gasteiger charge is 2.16. The number of ether oxygens (including phenoxy) is 2. The highest BCUT2D eigenvalue weighted by atomic mass is 127. The maximum absolute atomic E-state index is 12.5. The van der Waals surface area contributed by atoms with Gasteiger partial charge in [-0.3, -0.25) is 9.59 Å². The second-order valence-electron chi connectivity index (χ2n) is 4.68. The van der Waals surface area contributed by atoms with Gasteiger partial charge in [0, 0.05) is 22.4 Å². The molecule has 0 unspecified atom stereocenters. The molecule has 0 aliphatic heterocycles. The summed E-state index contributed by atoms with van der Waals surface area (Å²) in [4.78, 5) is 24.1. The van der Waals surface area contributed by atoms with Gasteiger partial charge in [-0.05, 0) is 47.7 Å². The predicted molar refractivity (Wildman–Crippen MR) is 96.6 cm³/mol. The number of carbonyl (C=O) groups excluding carboxylic acids is 1. The number of aryl methyl sites for hydroxylation is 1. The van der Waals surface area contributed by atoms with E-state index in [4.69, 9.17) is 9.47 Å². The number of amides is 1. The van der Waals surface area contributed by atoms with Gasteiger partial charge in [0.05, 0.1) is 25.5 Å². The van der Waals surface area contributed by atoms with Crippen molar-refractivity contribution in [1.82, 2.24) is 4.57 Å². The summed E-state index contributed by atoms with van der Waals surface area (Å²) >= 11 is 2.07. The Morgan fingerprint density at radius 3 is 2.48 bits per heavy atom. The predicted octanol–water partition coefficient (Wildman–Crippen LogP) is 2.74. The molecule has 122 valence electrons. The Balaban J connectivity index is 2.32. The Kier molecular flexibility index (Phi) is 5.64. The highest BCUT2D eigenvalue weighted by Crippen LogP contribution is 2.31. The van der Waals surface area contributed by atoms with Crippen molar-refractivity contribution in [2.45, 2.75) is 13.5 Å². The molecule has 7 heteroatoms. The second kappa shape index (κ2) is 7.49. The van der Waals surface area contributed by atoms with Crippen molar-refractivity contribution in [3.05, 3.63) is 49.9 Å². The lowest BCUT2D eigenvalue weighted by atomic mass is 10.2. The van der Waals surface area contributed by atoms with E-state index in [-0.39, 0.29) is 11.5 Å². The van der Waals surface area contributed by atoms with Crippen LogP contribution in [0.5, 0.6) is 11.5 Å². The monoisotopic (exact) mass is 428 g/mol. The number of hydrogen-bond donors (Lipinski definition) is 1. The molecule has 0 saturated heterocycles. The molecule has 1 aromatic heterocycles. The van der Waals surface area contributed by atoms with Gasteiger partial charge >= 0.3 is 0 Å². The van der Waals surface area contributed by atoms with Gasteiger partial charge in [0.2, 0.25) is 0 Å². The van der Waals surface area contributed by atoms with Crippen molar-refractivity contribution >= 4 is 34.2 Å². The molecule has 1 amide bonds. The van der Waals surface area contributed by atoms with Gasteiger partial charge < -0.3 is 19.4 Å².